The maximum atomic E-state index is 10.7. The minimum absolute atomic E-state index is 0.00549. The van der Waals surface area contributed by atoms with E-state index in [2.05, 4.69) is 5.32 Å². The lowest BCUT2D eigenvalue weighted by molar-refractivity contribution is -0.118. The van der Waals surface area contributed by atoms with Crippen molar-refractivity contribution in [3.63, 3.8) is 0 Å². The summed E-state index contributed by atoms with van der Waals surface area (Å²) in [5.41, 5.74) is 0.497. The molecule has 1 aromatic rings. The summed E-state index contributed by atoms with van der Waals surface area (Å²) in [6.07, 6.45) is 3.18. The van der Waals surface area contributed by atoms with Crippen LogP contribution in [0.15, 0.2) is 24.3 Å². The van der Waals surface area contributed by atoms with Crippen LogP contribution < -0.4 is 5.32 Å². The van der Waals surface area contributed by atoms with Gasteiger partial charge >= 0.3 is 5.97 Å². The maximum Gasteiger partial charge on any atom is 0.335 e. The summed E-state index contributed by atoms with van der Waals surface area (Å²) in [6, 6.07) is 4.01. The van der Waals surface area contributed by atoms with Crippen molar-refractivity contribution in [1.29, 1.82) is 0 Å². The lowest BCUT2D eigenvalue weighted by Gasteiger charge is -2.01. The number of carbonyl (C=O) groups excluding carboxylic acids is 1. The smallest absolute Gasteiger partial charge is 0.335 e. The molecule has 1 amide bonds. The number of rotatable bonds is 4. The number of phenols is 1. The number of carboxylic acids is 1. The standard InChI is InChI=1S/C12H13NO4/c1-8(14)13-6-2-3-9-7-10(12(16)17)4-5-11(9)15/h2-5,7,15H,6H2,1H3,(H,13,14)(H,16,17). The topological polar surface area (TPSA) is 86.6 Å². The van der Waals surface area contributed by atoms with Gasteiger partial charge in [-0.05, 0) is 18.2 Å². The fourth-order valence-electron chi connectivity index (χ4n) is 1.21. The summed E-state index contributed by atoms with van der Waals surface area (Å²) in [4.78, 5) is 21.3. The SMILES string of the molecule is CC(=O)NCC=Cc1cc(C(=O)O)ccc1O. The number of hydrogen-bond acceptors (Lipinski definition) is 3. The molecule has 0 fully saturated rings. The van der Waals surface area contributed by atoms with Gasteiger partial charge in [0.05, 0.1) is 5.56 Å². The van der Waals surface area contributed by atoms with Gasteiger partial charge in [-0.3, -0.25) is 4.79 Å². The van der Waals surface area contributed by atoms with Gasteiger partial charge in [-0.1, -0.05) is 12.2 Å². The zero-order chi connectivity index (χ0) is 12.8. The van der Waals surface area contributed by atoms with Gasteiger partial charge in [0.1, 0.15) is 5.75 Å². The van der Waals surface area contributed by atoms with E-state index in [4.69, 9.17) is 5.11 Å². The first-order chi connectivity index (χ1) is 8.00. The molecule has 90 valence electrons. The molecule has 0 unspecified atom stereocenters. The van der Waals surface area contributed by atoms with Crippen molar-refractivity contribution in [2.24, 2.45) is 0 Å². The third-order valence-corrected chi connectivity index (χ3v) is 2.04. The van der Waals surface area contributed by atoms with Crippen LogP contribution in [0.2, 0.25) is 0 Å². The van der Waals surface area contributed by atoms with Crippen LogP contribution in [-0.2, 0) is 4.79 Å². The molecule has 0 aliphatic rings. The first kappa shape index (κ1) is 12.8. The van der Waals surface area contributed by atoms with Gasteiger partial charge in [-0.2, -0.15) is 0 Å². The average molecular weight is 235 g/mol. The van der Waals surface area contributed by atoms with Crippen molar-refractivity contribution in [3.05, 3.63) is 35.4 Å². The molecule has 0 radical (unpaired) electrons. The highest BCUT2D eigenvalue weighted by Gasteiger charge is 2.05. The molecule has 3 N–H and O–H groups in total. The van der Waals surface area contributed by atoms with Crippen LogP contribution in [0.3, 0.4) is 0 Å². The van der Waals surface area contributed by atoms with Crippen LogP contribution in [0.5, 0.6) is 5.75 Å². The third kappa shape index (κ3) is 3.98. The van der Waals surface area contributed by atoms with Crippen LogP contribution in [0.25, 0.3) is 6.08 Å². The van der Waals surface area contributed by atoms with Gasteiger partial charge in [-0.15, -0.1) is 0 Å². The van der Waals surface area contributed by atoms with E-state index in [9.17, 15) is 14.7 Å². The van der Waals surface area contributed by atoms with Crippen LogP contribution in [0.4, 0.5) is 0 Å². The summed E-state index contributed by atoms with van der Waals surface area (Å²) in [6.45, 7) is 1.72. The summed E-state index contributed by atoms with van der Waals surface area (Å²) < 4.78 is 0. The first-order valence-corrected chi connectivity index (χ1v) is 4.98. The monoisotopic (exact) mass is 235 g/mol. The second kappa shape index (κ2) is 5.69. The van der Waals surface area contributed by atoms with Gasteiger partial charge in [-0.25, -0.2) is 4.79 Å². The minimum Gasteiger partial charge on any atom is -0.507 e. The summed E-state index contributed by atoms with van der Waals surface area (Å²) in [5, 5.41) is 20.8. The zero-order valence-electron chi connectivity index (χ0n) is 9.30. The lowest BCUT2D eigenvalue weighted by atomic mass is 10.1. The fraction of sp³-hybridized carbons (Fsp3) is 0.167. The van der Waals surface area contributed by atoms with Gasteiger partial charge in [0, 0.05) is 19.0 Å². The molecule has 5 nitrogen and oxygen atoms in total. The van der Waals surface area contributed by atoms with Gasteiger partial charge in [0.15, 0.2) is 0 Å². The fourth-order valence-corrected chi connectivity index (χ4v) is 1.21. The Morgan fingerprint density at radius 3 is 2.71 bits per heavy atom. The Balaban J connectivity index is 2.79. The molecule has 17 heavy (non-hydrogen) atoms. The predicted octanol–water partition coefficient (Wildman–Crippen LogP) is 1.24. The molecule has 5 heteroatoms. The Bertz CT molecular complexity index is 466. The molecule has 0 aliphatic heterocycles. The normalized spacial score (nSPS) is 10.4. The largest absolute Gasteiger partial charge is 0.507 e. The molecule has 0 spiro atoms. The minimum atomic E-state index is -1.05. The number of aromatic hydroxyl groups is 1. The second-order valence-electron chi connectivity index (χ2n) is 3.42. The number of hydrogen-bond donors (Lipinski definition) is 3. The van der Waals surface area contributed by atoms with Crippen molar-refractivity contribution in [3.8, 4) is 5.75 Å². The lowest BCUT2D eigenvalue weighted by Crippen LogP contribution is -2.19. The zero-order valence-corrected chi connectivity index (χ0v) is 9.30. The van der Waals surface area contributed by atoms with E-state index in [1.165, 1.54) is 25.1 Å². The molecule has 0 aromatic heterocycles. The number of benzene rings is 1. The second-order valence-corrected chi connectivity index (χ2v) is 3.42. The van der Waals surface area contributed by atoms with E-state index < -0.39 is 5.97 Å². The molecule has 0 aliphatic carbocycles. The van der Waals surface area contributed by atoms with E-state index in [-0.39, 0.29) is 17.2 Å². The Kier molecular flexibility index (Phi) is 4.28. The van der Waals surface area contributed by atoms with Crippen LogP contribution in [0, 0.1) is 0 Å². The molecule has 1 aromatic carbocycles. The van der Waals surface area contributed by atoms with Gasteiger partial charge in [0.25, 0.3) is 0 Å². The summed E-state index contributed by atoms with van der Waals surface area (Å²) in [7, 11) is 0. The third-order valence-electron chi connectivity index (χ3n) is 2.04. The summed E-state index contributed by atoms with van der Waals surface area (Å²) in [5.74, 6) is -1.21. The van der Waals surface area contributed by atoms with Crippen molar-refractivity contribution < 1.29 is 19.8 Å². The molecule has 1 rings (SSSR count). The van der Waals surface area contributed by atoms with Gasteiger partial charge in [0.2, 0.25) is 5.91 Å². The molecular weight excluding hydrogens is 222 g/mol. The van der Waals surface area contributed by atoms with Crippen molar-refractivity contribution >= 4 is 18.0 Å². The van der Waals surface area contributed by atoms with E-state index in [1.807, 2.05) is 0 Å². The first-order valence-electron chi connectivity index (χ1n) is 4.98. The molecule has 0 saturated carbocycles. The number of carbonyl (C=O) groups is 2. The number of nitrogens with one attached hydrogen (secondary N) is 1. The molecule has 0 atom stereocenters. The highest BCUT2D eigenvalue weighted by molar-refractivity contribution is 5.88. The molecule has 0 heterocycles. The van der Waals surface area contributed by atoms with Crippen molar-refractivity contribution in [1.82, 2.24) is 5.32 Å². The Morgan fingerprint density at radius 1 is 1.41 bits per heavy atom. The molecule has 0 bridgehead atoms. The van der Waals surface area contributed by atoms with E-state index in [1.54, 1.807) is 12.2 Å². The highest BCUT2D eigenvalue weighted by Crippen LogP contribution is 2.19. The highest BCUT2D eigenvalue weighted by atomic mass is 16.4. The Labute approximate surface area is 98.4 Å². The number of aromatic carboxylic acids is 1. The average Bonchev–Trinajstić information content (AvgIpc) is 2.25. The number of phenolic OH excluding ortho intramolecular Hbond substituents is 1. The predicted molar refractivity (Wildman–Crippen MR) is 62.8 cm³/mol. The van der Waals surface area contributed by atoms with Crippen LogP contribution in [-0.4, -0.2) is 28.6 Å². The van der Waals surface area contributed by atoms with E-state index in [0.29, 0.717) is 12.1 Å². The van der Waals surface area contributed by atoms with Crippen molar-refractivity contribution in [2.75, 3.05) is 6.54 Å². The van der Waals surface area contributed by atoms with Crippen LogP contribution >= 0.6 is 0 Å². The van der Waals surface area contributed by atoms with Crippen molar-refractivity contribution in [2.45, 2.75) is 6.92 Å². The quantitative estimate of drug-likeness (QED) is 0.732. The summed E-state index contributed by atoms with van der Waals surface area (Å²) >= 11 is 0. The van der Waals surface area contributed by atoms with E-state index >= 15 is 0 Å². The molecule has 0 saturated heterocycles. The maximum absolute atomic E-state index is 10.7. The Hall–Kier alpha value is -2.30. The van der Waals surface area contributed by atoms with E-state index in [0.717, 1.165) is 0 Å². The van der Waals surface area contributed by atoms with Gasteiger partial charge < -0.3 is 15.5 Å². The Morgan fingerprint density at radius 2 is 2.12 bits per heavy atom. The van der Waals surface area contributed by atoms with Crippen LogP contribution in [0.1, 0.15) is 22.8 Å². The number of carboxylic acid groups (broad SMARTS) is 1. The molecular formula is C12H13NO4. The number of amides is 1.